The summed E-state index contributed by atoms with van der Waals surface area (Å²) in [5, 5.41) is 15.4. The van der Waals surface area contributed by atoms with Crippen LogP contribution in [0.2, 0.25) is 0 Å². The van der Waals surface area contributed by atoms with E-state index in [0.717, 1.165) is 74.1 Å². The summed E-state index contributed by atoms with van der Waals surface area (Å²) in [5.74, 6) is 1.00. The number of benzene rings is 1. The Bertz CT molecular complexity index is 1210. The van der Waals surface area contributed by atoms with Crippen molar-refractivity contribution in [3.8, 4) is 11.3 Å². The summed E-state index contributed by atoms with van der Waals surface area (Å²) in [6.07, 6.45) is 6.66. The van der Waals surface area contributed by atoms with E-state index in [-0.39, 0.29) is 6.10 Å². The van der Waals surface area contributed by atoms with Gasteiger partial charge < -0.3 is 14.4 Å². The number of rotatable bonds is 4. The third-order valence-corrected chi connectivity index (χ3v) is 6.32. The number of furan rings is 1. The third kappa shape index (κ3) is 2.94. The van der Waals surface area contributed by atoms with Crippen molar-refractivity contribution in [2.75, 3.05) is 19.6 Å². The van der Waals surface area contributed by atoms with E-state index in [1.807, 2.05) is 16.8 Å². The van der Waals surface area contributed by atoms with Crippen LogP contribution in [0.15, 0.2) is 40.9 Å². The molecule has 3 aromatic heterocycles. The minimum Gasteiger partial charge on any atom is -0.461 e. The molecule has 0 bridgehead atoms. The number of hydrogen-bond donors (Lipinski definition) is 1. The van der Waals surface area contributed by atoms with Gasteiger partial charge in [0.05, 0.1) is 18.0 Å². The molecule has 0 saturated carbocycles. The number of aromatic nitrogens is 3. The first kappa shape index (κ1) is 17.2. The van der Waals surface area contributed by atoms with Crippen LogP contribution in [0, 0.1) is 0 Å². The second kappa shape index (κ2) is 6.68. The van der Waals surface area contributed by atoms with Crippen molar-refractivity contribution in [1.29, 1.82) is 0 Å². The van der Waals surface area contributed by atoms with Crippen molar-refractivity contribution in [3.63, 3.8) is 0 Å². The molecule has 0 unspecified atom stereocenters. The van der Waals surface area contributed by atoms with Gasteiger partial charge in [-0.3, -0.25) is 0 Å². The predicted molar refractivity (Wildman–Crippen MR) is 111 cm³/mol. The molecule has 6 rings (SSSR count). The van der Waals surface area contributed by atoms with Gasteiger partial charge in [-0.15, -0.1) is 0 Å². The van der Waals surface area contributed by atoms with Crippen molar-refractivity contribution in [2.24, 2.45) is 0 Å². The fourth-order valence-electron chi connectivity index (χ4n) is 4.87. The molecule has 148 valence electrons. The van der Waals surface area contributed by atoms with E-state index in [1.54, 1.807) is 0 Å². The molecule has 29 heavy (non-hydrogen) atoms. The fraction of sp³-hybridized carbons (Fsp3) is 0.391. The maximum atomic E-state index is 9.70. The minimum atomic E-state index is -0.172. The Balaban J connectivity index is 1.35. The molecule has 6 nitrogen and oxygen atoms in total. The van der Waals surface area contributed by atoms with Gasteiger partial charge in [0.1, 0.15) is 11.3 Å². The van der Waals surface area contributed by atoms with Crippen LogP contribution in [0.1, 0.15) is 29.9 Å². The average Bonchev–Trinajstić information content (AvgIpc) is 3.49. The van der Waals surface area contributed by atoms with Crippen LogP contribution in [-0.2, 0) is 19.3 Å². The van der Waals surface area contributed by atoms with Crippen LogP contribution in [0.5, 0.6) is 0 Å². The number of nitrogens with zero attached hydrogens (tertiary/aromatic N) is 4. The molecule has 1 atom stereocenters. The van der Waals surface area contributed by atoms with Gasteiger partial charge >= 0.3 is 0 Å². The zero-order valence-electron chi connectivity index (χ0n) is 16.3. The Morgan fingerprint density at radius 3 is 3.03 bits per heavy atom. The lowest BCUT2D eigenvalue weighted by Crippen LogP contribution is -2.24. The summed E-state index contributed by atoms with van der Waals surface area (Å²) in [5.41, 5.74) is 6.73. The van der Waals surface area contributed by atoms with Crippen LogP contribution >= 0.6 is 0 Å². The third-order valence-electron chi connectivity index (χ3n) is 6.32. The van der Waals surface area contributed by atoms with E-state index in [2.05, 4.69) is 34.3 Å². The van der Waals surface area contributed by atoms with Crippen molar-refractivity contribution < 1.29 is 9.52 Å². The lowest BCUT2D eigenvalue weighted by atomic mass is 10.0. The Morgan fingerprint density at radius 2 is 2.14 bits per heavy atom. The Hall–Kier alpha value is -2.70. The van der Waals surface area contributed by atoms with Gasteiger partial charge in [-0.25, -0.2) is 9.50 Å². The Labute approximate surface area is 168 Å². The van der Waals surface area contributed by atoms with E-state index in [0.29, 0.717) is 0 Å². The molecule has 0 amide bonds. The second-order valence-electron chi connectivity index (χ2n) is 8.30. The lowest BCUT2D eigenvalue weighted by Gasteiger charge is -2.13. The SMILES string of the molecule is O[C@H]1CCN(CCc2cc3cc(-c4c5c(nc6ccnn46)CCC5)ccc3o2)C1. The monoisotopic (exact) mass is 388 g/mol. The topological polar surface area (TPSA) is 66.8 Å². The zero-order valence-corrected chi connectivity index (χ0v) is 16.3. The molecule has 0 spiro atoms. The predicted octanol–water partition coefficient (Wildman–Crippen LogP) is 3.24. The Kier molecular flexibility index (Phi) is 3.96. The van der Waals surface area contributed by atoms with E-state index in [1.165, 1.54) is 22.5 Å². The van der Waals surface area contributed by atoms with Crippen molar-refractivity contribution >= 4 is 16.6 Å². The highest BCUT2D eigenvalue weighted by Crippen LogP contribution is 2.34. The van der Waals surface area contributed by atoms with E-state index >= 15 is 0 Å². The lowest BCUT2D eigenvalue weighted by molar-refractivity contribution is 0.176. The number of aryl methyl sites for hydroxylation is 1. The first-order valence-electron chi connectivity index (χ1n) is 10.5. The molecule has 1 saturated heterocycles. The van der Waals surface area contributed by atoms with Gasteiger partial charge in [0, 0.05) is 54.3 Å². The molecule has 2 aliphatic rings. The van der Waals surface area contributed by atoms with Crippen LogP contribution in [0.25, 0.3) is 27.9 Å². The maximum Gasteiger partial charge on any atom is 0.155 e. The largest absolute Gasteiger partial charge is 0.461 e. The second-order valence-corrected chi connectivity index (χ2v) is 8.30. The number of fused-ring (bicyclic) bond motifs is 3. The molecular weight excluding hydrogens is 364 g/mol. The summed E-state index contributed by atoms with van der Waals surface area (Å²) in [4.78, 5) is 7.10. The Morgan fingerprint density at radius 1 is 1.17 bits per heavy atom. The van der Waals surface area contributed by atoms with Crippen molar-refractivity contribution in [3.05, 3.63) is 53.5 Å². The summed E-state index contributed by atoms with van der Waals surface area (Å²) in [7, 11) is 0. The number of hydrogen-bond acceptors (Lipinski definition) is 5. The molecule has 4 heterocycles. The number of aliphatic hydroxyl groups excluding tert-OH is 1. The van der Waals surface area contributed by atoms with E-state index < -0.39 is 0 Å². The van der Waals surface area contributed by atoms with Gasteiger partial charge in [0.2, 0.25) is 0 Å². The molecule has 1 aromatic carbocycles. The molecule has 6 heteroatoms. The highest BCUT2D eigenvalue weighted by atomic mass is 16.3. The molecule has 1 fully saturated rings. The number of β-amino-alcohol motifs (C(OH)–C–C–N with tert-alkyl or cyclic N) is 1. The van der Waals surface area contributed by atoms with Gasteiger partial charge in [-0.05, 0) is 49.9 Å². The number of likely N-dealkylation sites (tertiary alicyclic amines) is 1. The molecule has 4 aromatic rings. The van der Waals surface area contributed by atoms with Gasteiger partial charge in [0.15, 0.2) is 5.65 Å². The van der Waals surface area contributed by atoms with Crippen LogP contribution in [0.4, 0.5) is 0 Å². The highest BCUT2D eigenvalue weighted by molar-refractivity contribution is 5.84. The zero-order chi connectivity index (χ0) is 19.4. The van der Waals surface area contributed by atoms with Crippen molar-refractivity contribution in [1.82, 2.24) is 19.5 Å². The van der Waals surface area contributed by atoms with Crippen LogP contribution < -0.4 is 0 Å². The normalized spacial score (nSPS) is 19.6. The standard InChI is InChI=1S/C23H24N4O2/c28-17-7-10-26(14-17)11-8-18-13-16-12-15(4-5-21(16)29-18)23-19-2-1-3-20(19)25-22-6-9-24-27(22)23/h4-6,9,12-13,17,28H,1-3,7-8,10-11,14H2/t17-/m0/s1. The van der Waals surface area contributed by atoms with Gasteiger partial charge in [0.25, 0.3) is 0 Å². The quantitative estimate of drug-likeness (QED) is 0.581. The fourth-order valence-corrected chi connectivity index (χ4v) is 4.87. The first-order valence-corrected chi connectivity index (χ1v) is 10.5. The first-order chi connectivity index (χ1) is 14.2. The molecule has 1 aliphatic heterocycles. The van der Waals surface area contributed by atoms with Crippen LogP contribution in [0.3, 0.4) is 0 Å². The summed E-state index contributed by atoms with van der Waals surface area (Å²) in [6.45, 7) is 2.67. The van der Waals surface area contributed by atoms with Crippen LogP contribution in [-0.4, -0.2) is 50.3 Å². The average molecular weight is 388 g/mol. The van der Waals surface area contributed by atoms with Gasteiger partial charge in [-0.2, -0.15) is 5.10 Å². The molecule has 1 aliphatic carbocycles. The summed E-state index contributed by atoms with van der Waals surface area (Å²) in [6, 6.07) is 10.6. The van der Waals surface area contributed by atoms with E-state index in [4.69, 9.17) is 9.40 Å². The maximum absolute atomic E-state index is 9.70. The minimum absolute atomic E-state index is 0.172. The molecule has 0 radical (unpaired) electrons. The van der Waals surface area contributed by atoms with Crippen molar-refractivity contribution in [2.45, 2.75) is 38.2 Å². The highest BCUT2D eigenvalue weighted by Gasteiger charge is 2.22. The number of aliphatic hydroxyl groups is 1. The van der Waals surface area contributed by atoms with Gasteiger partial charge in [-0.1, -0.05) is 0 Å². The molecule has 1 N–H and O–H groups in total. The summed E-state index contributed by atoms with van der Waals surface area (Å²) >= 11 is 0. The molecular formula is C23H24N4O2. The summed E-state index contributed by atoms with van der Waals surface area (Å²) < 4.78 is 8.06. The van der Waals surface area contributed by atoms with E-state index in [9.17, 15) is 5.11 Å². The smallest absolute Gasteiger partial charge is 0.155 e.